The Kier molecular flexibility index (Phi) is 4.96. The van der Waals surface area contributed by atoms with Crippen LogP contribution in [0.15, 0.2) is 28.9 Å². The van der Waals surface area contributed by atoms with E-state index in [1.165, 1.54) is 0 Å². The SMILES string of the molecule is COc1cc(Nc2ncc(Cl)cc2Br)c(OC)cc1Cl. The van der Waals surface area contributed by atoms with Crippen LogP contribution in [0.5, 0.6) is 11.5 Å². The Morgan fingerprint density at radius 1 is 1.10 bits per heavy atom. The zero-order valence-corrected chi connectivity index (χ0v) is 13.8. The first kappa shape index (κ1) is 15.2. The van der Waals surface area contributed by atoms with Gasteiger partial charge in [0, 0.05) is 18.3 Å². The number of nitrogens with one attached hydrogen (secondary N) is 1. The first-order valence-corrected chi connectivity index (χ1v) is 7.09. The third-order valence-electron chi connectivity index (χ3n) is 2.53. The van der Waals surface area contributed by atoms with Crippen molar-refractivity contribution in [3.8, 4) is 11.5 Å². The number of hydrogen-bond donors (Lipinski definition) is 1. The molecule has 0 aliphatic rings. The number of ether oxygens (including phenoxy) is 2. The van der Waals surface area contributed by atoms with E-state index in [1.807, 2.05) is 0 Å². The van der Waals surface area contributed by atoms with Crippen LogP contribution in [0.2, 0.25) is 10.0 Å². The molecule has 0 radical (unpaired) electrons. The molecule has 0 unspecified atom stereocenters. The minimum atomic E-state index is 0.470. The van der Waals surface area contributed by atoms with Gasteiger partial charge in [0.25, 0.3) is 0 Å². The molecule has 2 aromatic rings. The second-order valence-electron chi connectivity index (χ2n) is 3.80. The third-order valence-corrected chi connectivity index (χ3v) is 3.64. The molecule has 106 valence electrons. The minimum absolute atomic E-state index is 0.470. The number of methoxy groups -OCH3 is 2. The molecular formula is C13H11BrCl2N2O2. The Morgan fingerprint density at radius 3 is 2.40 bits per heavy atom. The molecule has 0 bridgehead atoms. The van der Waals surface area contributed by atoms with Crippen molar-refractivity contribution in [3.05, 3.63) is 38.9 Å². The van der Waals surface area contributed by atoms with Gasteiger partial charge < -0.3 is 14.8 Å². The Hall–Kier alpha value is -1.17. The molecule has 0 saturated carbocycles. The van der Waals surface area contributed by atoms with Gasteiger partial charge in [-0.2, -0.15) is 0 Å². The summed E-state index contributed by atoms with van der Waals surface area (Å²) in [6, 6.07) is 5.16. The van der Waals surface area contributed by atoms with Gasteiger partial charge in [0.1, 0.15) is 17.3 Å². The van der Waals surface area contributed by atoms with Gasteiger partial charge >= 0.3 is 0 Å². The van der Waals surface area contributed by atoms with Crippen LogP contribution in [0.25, 0.3) is 0 Å². The molecule has 1 aromatic heterocycles. The zero-order valence-electron chi connectivity index (χ0n) is 10.7. The van der Waals surface area contributed by atoms with Crippen LogP contribution in [0.4, 0.5) is 11.5 Å². The van der Waals surface area contributed by atoms with Crippen molar-refractivity contribution in [1.29, 1.82) is 0 Å². The Bertz CT molecular complexity index is 638. The molecule has 4 nitrogen and oxygen atoms in total. The number of pyridine rings is 1. The number of halogens is 3. The molecule has 0 amide bonds. The number of nitrogens with zero attached hydrogens (tertiary/aromatic N) is 1. The smallest absolute Gasteiger partial charge is 0.144 e. The molecule has 0 aliphatic carbocycles. The number of benzene rings is 1. The molecule has 0 spiro atoms. The van der Waals surface area contributed by atoms with Gasteiger partial charge in [-0.15, -0.1) is 0 Å². The van der Waals surface area contributed by atoms with Crippen LogP contribution in [0, 0.1) is 0 Å². The molecule has 2 rings (SSSR count). The van der Waals surface area contributed by atoms with Crippen molar-refractivity contribution >= 4 is 50.6 Å². The van der Waals surface area contributed by atoms with E-state index in [0.29, 0.717) is 33.0 Å². The maximum Gasteiger partial charge on any atom is 0.144 e. The second kappa shape index (κ2) is 6.52. The average molecular weight is 378 g/mol. The molecule has 20 heavy (non-hydrogen) atoms. The number of rotatable bonds is 4. The van der Waals surface area contributed by atoms with E-state index in [2.05, 4.69) is 26.2 Å². The van der Waals surface area contributed by atoms with E-state index in [0.717, 1.165) is 4.47 Å². The number of hydrogen-bond acceptors (Lipinski definition) is 4. The Balaban J connectivity index is 2.41. The second-order valence-corrected chi connectivity index (χ2v) is 5.49. The number of anilines is 2. The van der Waals surface area contributed by atoms with E-state index >= 15 is 0 Å². The number of aromatic nitrogens is 1. The maximum atomic E-state index is 6.06. The van der Waals surface area contributed by atoms with Crippen LogP contribution in [0.3, 0.4) is 0 Å². The summed E-state index contributed by atoms with van der Waals surface area (Å²) in [4.78, 5) is 4.21. The van der Waals surface area contributed by atoms with E-state index in [4.69, 9.17) is 32.7 Å². The van der Waals surface area contributed by atoms with Crippen LogP contribution < -0.4 is 14.8 Å². The summed E-state index contributed by atoms with van der Waals surface area (Å²) in [7, 11) is 3.11. The quantitative estimate of drug-likeness (QED) is 0.821. The summed E-state index contributed by atoms with van der Waals surface area (Å²) in [6.45, 7) is 0. The molecule has 7 heteroatoms. The largest absolute Gasteiger partial charge is 0.495 e. The van der Waals surface area contributed by atoms with Crippen LogP contribution in [-0.4, -0.2) is 19.2 Å². The van der Waals surface area contributed by atoms with Crippen molar-refractivity contribution in [2.45, 2.75) is 0 Å². The summed E-state index contributed by atoms with van der Waals surface area (Å²) in [5, 5.41) is 4.16. The average Bonchev–Trinajstić information content (AvgIpc) is 2.43. The standard InChI is InChI=1S/C13H11BrCl2N2O2/c1-19-11-5-10(12(20-2)4-9(11)16)18-13-8(14)3-7(15)6-17-13/h3-6H,1-2H3,(H,17,18). The predicted octanol–water partition coefficient (Wildman–Crippen LogP) is 4.91. The van der Waals surface area contributed by atoms with Gasteiger partial charge in [-0.25, -0.2) is 4.98 Å². The van der Waals surface area contributed by atoms with E-state index < -0.39 is 0 Å². The molecule has 0 aliphatic heterocycles. The highest BCUT2D eigenvalue weighted by Crippen LogP contribution is 2.38. The first-order chi connectivity index (χ1) is 9.55. The maximum absolute atomic E-state index is 6.06. The van der Waals surface area contributed by atoms with Crippen molar-refractivity contribution in [2.75, 3.05) is 19.5 Å². The lowest BCUT2D eigenvalue weighted by Gasteiger charge is -2.14. The van der Waals surface area contributed by atoms with Gasteiger partial charge in [-0.1, -0.05) is 23.2 Å². The van der Waals surface area contributed by atoms with E-state index in [-0.39, 0.29) is 0 Å². The van der Waals surface area contributed by atoms with Gasteiger partial charge in [0.05, 0.1) is 34.4 Å². The van der Waals surface area contributed by atoms with Gasteiger partial charge in [-0.3, -0.25) is 0 Å². The molecule has 0 saturated heterocycles. The zero-order chi connectivity index (χ0) is 14.7. The highest BCUT2D eigenvalue weighted by atomic mass is 79.9. The van der Waals surface area contributed by atoms with Gasteiger partial charge in [0.15, 0.2) is 0 Å². The van der Waals surface area contributed by atoms with Crippen molar-refractivity contribution in [3.63, 3.8) is 0 Å². The molecule has 0 fully saturated rings. The summed E-state index contributed by atoms with van der Waals surface area (Å²) in [5.74, 6) is 1.73. The normalized spacial score (nSPS) is 10.2. The van der Waals surface area contributed by atoms with Crippen molar-refractivity contribution < 1.29 is 9.47 Å². The summed E-state index contributed by atoms with van der Waals surface area (Å²) >= 11 is 15.3. The van der Waals surface area contributed by atoms with Crippen molar-refractivity contribution in [1.82, 2.24) is 4.98 Å². The lowest BCUT2D eigenvalue weighted by Crippen LogP contribution is -1.98. The van der Waals surface area contributed by atoms with Crippen LogP contribution >= 0.6 is 39.1 Å². The first-order valence-electron chi connectivity index (χ1n) is 5.54. The third kappa shape index (κ3) is 3.29. The Morgan fingerprint density at radius 2 is 1.80 bits per heavy atom. The fourth-order valence-electron chi connectivity index (χ4n) is 1.59. The molecule has 0 atom stereocenters. The minimum Gasteiger partial charge on any atom is -0.495 e. The lowest BCUT2D eigenvalue weighted by molar-refractivity contribution is 0.405. The summed E-state index contributed by atoms with van der Waals surface area (Å²) < 4.78 is 11.2. The highest BCUT2D eigenvalue weighted by molar-refractivity contribution is 9.10. The molecule has 1 heterocycles. The van der Waals surface area contributed by atoms with Crippen molar-refractivity contribution in [2.24, 2.45) is 0 Å². The Labute approximate surface area is 135 Å². The van der Waals surface area contributed by atoms with E-state index in [1.54, 1.807) is 38.6 Å². The van der Waals surface area contributed by atoms with Crippen LogP contribution in [0.1, 0.15) is 0 Å². The summed E-state index contributed by atoms with van der Waals surface area (Å²) in [6.07, 6.45) is 1.55. The predicted molar refractivity (Wildman–Crippen MR) is 84.8 cm³/mol. The molecule has 1 N–H and O–H groups in total. The topological polar surface area (TPSA) is 43.4 Å². The molecule has 1 aromatic carbocycles. The molecular weight excluding hydrogens is 367 g/mol. The fraction of sp³-hybridized carbons (Fsp3) is 0.154. The lowest BCUT2D eigenvalue weighted by atomic mass is 10.2. The highest BCUT2D eigenvalue weighted by Gasteiger charge is 2.12. The summed E-state index contributed by atoms with van der Waals surface area (Å²) in [5.41, 5.74) is 0.685. The van der Waals surface area contributed by atoms with Crippen LogP contribution in [-0.2, 0) is 0 Å². The van der Waals surface area contributed by atoms with E-state index in [9.17, 15) is 0 Å². The fourth-order valence-corrected chi connectivity index (χ4v) is 2.56. The van der Waals surface area contributed by atoms with Gasteiger partial charge in [0.2, 0.25) is 0 Å². The van der Waals surface area contributed by atoms with Gasteiger partial charge in [-0.05, 0) is 22.0 Å². The monoisotopic (exact) mass is 376 g/mol.